The first-order chi connectivity index (χ1) is 7.68. The van der Waals surface area contributed by atoms with Crippen LogP contribution in [0.5, 0.6) is 0 Å². The van der Waals surface area contributed by atoms with E-state index in [1.54, 1.807) is 6.07 Å². The Morgan fingerprint density at radius 2 is 1.94 bits per heavy atom. The monoisotopic (exact) mass is 218 g/mol. The summed E-state index contributed by atoms with van der Waals surface area (Å²) in [6, 6.07) is 3.81. The summed E-state index contributed by atoms with van der Waals surface area (Å²) < 4.78 is 0.837. The van der Waals surface area contributed by atoms with E-state index in [1.807, 2.05) is 0 Å². The van der Waals surface area contributed by atoms with Gasteiger partial charge in [0.05, 0.1) is 0 Å². The Hall–Kier alpha value is -2.57. The van der Waals surface area contributed by atoms with Crippen LogP contribution >= 0.6 is 0 Å². The van der Waals surface area contributed by atoms with Crippen molar-refractivity contribution in [3.05, 3.63) is 46.6 Å². The maximum Gasteiger partial charge on any atom is 0.356 e. The van der Waals surface area contributed by atoms with Gasteiger partial charge in [0, 0.05) is 18.5 Å². The van der Waals surface area contributed by atoms with Crippen molar-refractivity contribution in [2.75, 3.05) is 0 Å². The molecule has 0 saturated carbocycles. The maximum atomic E-state index is 11.4. The summed E-state index contributed by atoms with van der Waals surface area (Å²) in [6.45, 7) is 0. The lowest BCUT2D eigenvalue weighted by Gasteiger charge is -2.01. The van der Waals surface area contributed by atoms with E-state index in [4.69, 9.17) is 5.11 Å². The molecule has 0 unspecified atom stereocenters. The number of carboxylic acids is 1. The summed E-state index contributed by atoms with van der Waals surface area (Å²) in [5, 5.41) is 12.4. The Balaban J connectivity index is 2.61. The van der Waals surface area contributed by atoms with Crippen molar-refractivity contribution < 1.29 is 9.90 Å². The molecule has 0 amide bonds. The van der Waals surface area contributed by atoms with Crippen LogP contribution in [0.25, 0.3) is 5.95 Å². The summed E-state index contributed by atoms with van der Waals surface area (Å²) in [6.07, 6.45) is 2.87. The van der Waals surface area contributed by atoms with Gasteiger partial charge in [-0.1, -0.05) is 0 Å². The zero-order valence-corrected chi connectivity index (χ0v) is 7.94. The molecule has 0 radical (unpaired) electrons. The van der Waals surface area contributed by atoms with E-state index in [0.29, 0.717) is 0 Å². The van der Waals surface area contributed by atoms with Gasteiger partial charge in [0.25, 0.3) is 11.5 Å². The van der Waals surface area contributed by atoms with Gasteiger partial charge >= 0.3 is 5.97 Å². The number of carbonyl (C=O) groups is 1. The maximum absolute atomic E-state index is 11.4. The molecule has 0 atom stereocenters. The number of nitrogens with zero attached hydrogens (tertiary/aromatic N) is 4. The Morgan fingerprint density at radius 3 is 2.56 bits per heavy atom. The van der Waals surface area contributed by atoms with Crippen LogP contribution in [-0.2, 0) is 0 Å². The second-order valence-corrected chi connectivity index (χ2v) is 2.82. The number of aromatic nitrogens is 4. The van der Waals surface area contributed by atoms with Crippen LogP contribution in [0.4, 0.5) is 0 Å². The van der Waals surface area contributed by atoms with Crippen molar-refractivity contribution in [2.45, 2.75) is 0 Å². The average Bonchev–Trinajstić information content (AvgIpc) is 2.30. The van der Waals surface area contributed by atoms with E-state index in [-0.39, 0.29) is 11.6 Å². The lowest BCUT2D eigenvalue weighted by Crippen LogP contribution is -2.24. The highest BCUT2D eigenvalue weighted by atomic mass is 16.4. The molecule has 1 N–H and O–H groups in total. The molecule has 2 aromatic rings. The summed E-state index contributed by atoms with van der Waals surface area (Å²) >= 11 is 0. The third-order valence-electron chi connectivity index (χ3n) is 1.76. The highest BCUT2D eigenvalue weighted by molar-refractivity contribution is 5.84. The Labute approximate surface area is 89.0 Å². The van der Waals surface area contributed by atoms with E-state index in [0.717, 1.165) is 16.8 Å². The SMILES string of the molecule is O=C(O)c1ccc(=O)n(-c2ncccn2)n1. The van der Waals surface area contributed by atoms with E-state index in [9.17, 15) is 9.59 Å². The smallest absolute Gasteiger partial charge is 0.356 e. The fraction of sp³-hybridized carbons (Fsp3) is 0. The third-order valence-corrected chi connectivity index (χ3v) is 1.76. The molecule has 16 heavy (non-hydrogen) atoms. The van der Waals surface area contributed by atoms with Gasteiger partial charge in [-0.05, 0) is 12.1 Å². The molecule has 0 spiro atoms. The zero-order chi connectivity index (χ0) is 11.5. The second kappa shape index (κ2) is 3.89. The summed E-state index contributed by atoms with van der Waals surface area (Å²) in [5.41, 5.74) is -0.733. The van der Waals surface area contributed by atoms with Crippen LogP contribution in [0, 0.1) is 0 Å². The van der Waals surface area contributed by atoms with Crippen LogP contribution in [0.2, 0.25) is 0 Å². The second-order valence-electron chi connectivity index (χ2n) is 2.82. The van der Waals surface area contributed by atoms with Gasteiger partial charge in [-0.2, -0.15) is 9.78 Å². The van der Waals surface area contributed by atoms with Crippen molar-refractivity contribution in [1.82, 2.24) is 19.7 Å². The van der Waals surface area contributed by atoms with E-state index < -0.39 is 11.5 Å². The molecule has 2 rings (SSSR count). The largest absolute Gasteiger partial charge is 0.476 e. The van der Waals surface area contributed by atoms with Gasteiger partial charge in [0.15, 0.2) is 5.69 Å². The van der Waals surface area contributed by atoms with Crippen LogP contribution in [0.3, 0.4) is 0 Å². The molecule has 2 aromatic heterocycles. The lowest BCUT2D eigenvalue weighted by molar-refractivity contribution is 0.0688. The first-order valence-electron chi connectivity index (χ1n) is 4.29. The molecule has 80 valence electrons. The first-order valence-corrected chi connectivity index (χ1v) is 4.29. The molecule has 0 bridgehead atoms. The molecule has 7 nitrogen and oxygen atoms in total. The molecule has 0 aliphatic rings. The molecule has 0 saturated heterocycles. The number of rotatable bonds is 2. The van der Waals surface area contributed by atoms with Gasteiger partial charge < -0.3 is 5.11 Å². The molecular weight excluding hydrogens is 212 g/mol. The van der Waals surface area contributed by atoms with Crippen molar-refractivity contribution in [3.8, 4) is 5.95 Å². The van der Waals surface area contributed by atoms with Gasteiger partial charge in [0.2, 0.25) is 0 Å². The molecule has 0 aliphatic carbocycles. The molecular formula is C9H6N4O3. The topological polar surface area (TPSA) is 98.0 Å². The van der Waals surface area contributed by atoms with Crippen LogP contribution in [0.15, 0.2) is 35.4 Å². The van der Waals surface area contributed by atoms with Crippen molar-refractivity contribution in [2.24, 2.45) is 0 Å². The Kier molecular flexibility index (Phi) is 2.42. The number of carboxylic acid groups (broad SMARTS) is 1. The van der Waals surface area contributed by atoms with Gasteiger partial charge in [-0.3, -0.25) is 4.79 Å². The summed E-state index contributed by atoms with van der Waals surface area (Å²) in [5.74, 6) is -1.18. The van der Waals surface area contributed by atoms with E-state index in [1.165, 1.54) is 12.4 Å². The van der Waals surface area contributed by atoms with Gasteiger partial charge in [-0.25, -0.2) is 14.8 Å². The molecule has 0 fully saturated rings. The van der Waals surface area contributed by atoms with Crippen molar-refractivity contribution >= 4 is 5.97 Å². The standard InChI is InChI=1S/C9H6N4O3/c14-7-3-2-6(8(15)16)12-13(7)9-10-4-1-5-11-9/h1-5H,(H,15,16). The zero-order valence-electron chi connectivity index (χ0n) is 7.94. The average molecular weight is 218 g/mol. The normalized spacial score (nSPS) is 10.0. The summed E-state index contributed by atoms with van der Waals surface area (Å²) in [7, 11) is 0. The van der Waals surface area contributed by atoms with E-state index >= 15 is 0 Å². The first kappa shape index (κ1) is 9.97. The van der Waals surface area contributed by atoms with E-state index in [2.05, 4.69) is 15.1 Å². The predicted octanol–water partition coefficient (Wildman–Crippen LogP) is -0.279. The molecule has 7 heteroatoms. The quantitative estimate of drug-likeness (QED) is 0.744. The fourth-order valence-corrected chi connectivity index (χ4v) is 1.07. The minimum atomic E-state index is -1.22. The Morgan fingerprint density at radius 1 is 1.25 bits per heavy atom. The van der Waals surface area contributed by atoms with Crippen LogP contribution < -0.4 is 5.56 Å². The predicted molar refractivity (Wildman–Crippen MR) is 52.4 cm³/mol. The molecule has 0 aliphatic heterocycles. The lowest BCUT2D eigenvalue weighted by atomic mass is 10.4. The van der Waals surface area contributed by atoms with Gasteiger partial charge in [-0.15, -0.1) is 0 Å². The number of hydrogen-bond acceptors (Lipinski definition) is 5. The number of aromatic carboxylic acids is 1. The number of hydrogen-bond donors (Lipinski definition) is 1. The highest BCUT2D eigenvalue weighted by Gasteiger charge is 2.09. The Bertz CT molecular complexity index is 579. The van der Waals surface area contributed by atoms with Crippen molar-refractivity contribution in [3.63, 3.8) is 0 Å². The fourth-order valence-electron chi connectivity index (χ4n) is 1.07. The molecule has 0 aromatic carbocycles. The minimum Gasteiger partial charge on any atom is -0.476 e. The van der Waals surface area contributed by atoms with Crippen LogP contribution in [-0.4, -0.2) is 30.8 Å². The highest BCUT2D eigenvalue weighted by Crippen LogP contribution is 1.95. The molecule has 2 heterocycles. The van der Waals surface area contributed by atoms with Crippen LogP contribution in [0.1, 0.15) is 10.5 Å². The summed E-state index contributed by atoms with van der Waals surface area (Å²) in [4.78, 5) is 29.7. The third kappa shape index (κ3) is 1.78. The van der Waals surface area contributed by atoms with Crippen molar-refractivity contribution in [1.29, 1.82) is 0 Å². The minimum absolute atomic E-state index is 0.0376. The van der Waals surface area contributed by atoms with Gasteiger partial charge in [0.1, 0.15) is 0 Å².